The number of rotatable bonds is 4. The SMILES string of the molecule is O=C(CNC(=O)c1ccc(Cl)cc1)NNC(=O)c1ccccc1. The van der Waals surface area contributed by atoms with E-state index in [0.717, 1.165) is 0 Å². The molecule has 0 saturated heterocycles. The first-order chi connectivity index (χ1) is 11.1. The third-order valence-corrected chi connectivity index (χ3v) is 3.12. The maximum atomic E-state index is 11.8. The molecule has 23 heavy (non-hydrogen) atoms. The molecular formula is C16H14ClN3O3. The molecule has 0 heterocycles. The summed E-state index contributed by atoms with van der Waals surface area (Å²) in [6, 6.07) is 14.7. The van der Waals surface area contributed by atoms with E-state index < -0.39 is 17.7 Å². The predicted molar refractivity (Wildman–Crippen MR) is 85.8 cm³/mol. The number of hydrogen-bond donors (Lipinski definition) is 3. The lowest BCUT2D eigenvalue weighted by molar-refractivity contribution is -0.120. The van der Waals surface area contributed by atoms with Crippen molar-refractivity contribution >= 4 is 29.3 Å². The zero-order chi connectivity index (χ0) is 16.7. The van der Waals surface area contributed by atoms with Crippen LogP contribution in [0.5, 0.6) is 0 Å². The number of amides is 3. The first kappa shape index (κ1) is 16.5. The van der Waals surface area contributed by atoms with Crippen LogP contribution in [0.25, 0.3) is 0 Å². The molecule has 3 amide bonds. The molecule has 118 valence electrons. The van der Waals surface area contributed by atoms with E-state index in [-0.39, 0.29) is 6.54 Å². The summed E-state index contributed by atoms with van der Waals surface area (Å²) in [5, 5.41) is 2.95. The van der Waals surface area contributed by atoms with E-state index in [2.05, 4.69) is 16.2 Å². The van der Waals surface area contributed by atoms with Gasteiger partial charge >= 0.3 is 0 Å². The molecule has 3 N–H and O–H groups in total. The molecule has 0 bridgehead atoms. The molecule has 0 spiro atoms. The molecule has 6 nitrogen and oxygen atoms in total. The van der Waals surface area contributed by atoms with Gasteiger partial charge in [0.05, 0.1) is 6.54 Å². The van der Waals surface area contributed by atoms with Crippen molar-refractivity contribution in [2.24, 2.45) is 0 Å². The Bertz CT molecular complexity index is 702. The molecule has 0 aliphatic heterocycles. The molecule has 0 fully saturated rings. The second-order valence-corrected chi connectivity index (χ2v) is 4.99. The van der Waals surface area contributed by atoms with Gasteiger partial charge < -0.3 is 5.32 Å². The molecule has 0 atom stereocenters. The highest BCUT2D eigenvalue weighted by atomic mass is 35.5. The molecule has 0 aliphatic rings. The summed E-state index contributed by atoms with van der Waals surface area (Å²) in [6.07, 6.45) is 0. The van der Waals surface area contributed by atoms with Gasteiger partial charge in [0.15, 0.2) is 0 Å². The Kier molecular flexibility index (Phi) is 5.71. The average Bonchev–Trinajstić information content (AvgIpc) is 2.59. The van der Waals surface area contributed by atoms with Gasteiger partial charge in [-0.15, -0.1) is 0 Å². The van der Waals surface area contributed by atoms with Crippen LogP contribution in [0.4, 0.5) is 0 Å². The average molecular weight is 332 g/mol. The topological polar surface area (TPSA) is 87.3 Å². The molecule has 0 unspecified atom stereocenters. The fourth-order valence-corrected chi connectivity index (χ4v) is 1.82. The minimum absolute atomic E-state index is 0.267. The minimum atomic E-state index is -0.545. The molecule has 0 saturated carbocycles. The van der Waals surface area contributed by atoms with Crippen molar-refractivity contribution in [1.29, 1.82) is 0 Å². The Morgan fingerprint density at radius 2 is 1.39 bits per heavy atom. The van der Waals surface area contributed by atoms with Crippen molar-refractivity contribution in [2.75, 3.05) is 6.54 Å². The van der Waals surface area contributed by atoms with Gasteiger partial charge in [0.2, 0.25) is 0 Å². The standard InChI is InChI=1S/C16H14ClN3O3/c17-13-8-6-12(7-9-13)15(22)18-10-14(21)19-20-16(23)11-4-2-1-3-5-11/h1-9H,10H2,(H,18,22)(H,19,21)(H,20,23). The third-order valence-electron chi connectivity index (χ3n) is 2.87. The third kappa shape index (κ3) is 5.12. The Morgan fingerprint density at radius 1 is 0.783 bits per heavy atom. The highest BCUT2D eigenvalue weighted by molar-refractivity contribution is 6.30. The maximum Gasteiger partial charge on any atom is 0.269 e. The van der Waals surface area contributed by atoms with E-state index in [1.54, 1.807) is 54.6 Å². The Balaban J connectivity index is 1.76. The van der Waals surface area contributed by atoms with Gasteiger partial charge in [0, 0.05) is 16.1 Å². The van der Waals surface area contributed by atoms with Crippen molar-refractivity contribution in [1.82, 2.24) is 16.2 Å². The first-order valence-electron chi connectivity index (χ1n) is 6.74. The Labute approximate surface area is 137 Å². The smallest absolute Gasteiger partial charge is 0.269 e. The summed E-state index contributed by atoms with van der Waals surface area (Å²) in [7, 11) is 0. The lowest BCUT2D eigenvalue weighted by atomic mass is 10.2. The lowest BCUT2D eigenvalue weighted by Gasteiger charge is -2.08. The Morgan fingerprint density at radius 3 is 2.04 bits per heavy atom. The molecule has 2 aromatic carbocycles. The van der Waals surface area contributed by atoms with Gasteiger partial charge in [-0.3, -0.25) is 25.2 Å². The summed E-state index contributed by atoms with van der Waals surface area (Å²) in [5.41, 5.74) is 5.28. The van der Waals surface area contributed by atoms with Crippen molar-refractivity contribution < 1.29 is 14.4 Å². The quantitative estimate of drug-likeness (QED) is 0.742. The highest BCUT2D eigenvalue weighted by Gasteiger charge is 2.09. The number of carbonyl (C=O) groups is 3. The van der Waals surface area contributed by atoms with E-state index in [4.69, 9.17) is 11.6 Å². The van der Waals surface area contributed by atoms with Crippen LogP contribution in [-0.2, 0) is 4.79 Å². The fraction of sp³-hybridized carbons (Fsp3) is 0.0625. The van der Waals surface area contributed by atoms with E-state index >= 15 is 0 Å². The van der Waals surface area contributed by atoms with Crippen LogP contribution < -0.4 is 16.2 Å². The molecule has 7 heteroatoms. The largest absolute Gasteiger partial charge is 0.343 e. The number of nitrogens with one attached hydrogen (secondary N) is 3. The van der Waals surface area contributed by atoms with Crippen molar-refractivity contribution in [2.45, 2.75) is 0 Å². The minimum Gasteiger partial charge on any atom is -0.343 e. The Hall–Kier alpha value is -2.86. The van der Waals surface area contributed by atoms with Crippen LogP contribution in [0.1, 0.15) is 20.7 Å². The predicted octanol–water partition coefficient (Wildman–Crippen LogP) is 1.53. The van der Waals surface area contributed by atoms with E-state index in [1.165, 1.54) is 0 Å². The molecular weight excluding hydrogens is 318 g/mol. The molecule has 0 aliphatic carbocycles. The van der Waals surface area contributed by atoms with Gasteiger partial charge in [0.25, 0.3) is 17.7 Å². The summed E-state index contributed by atoms with van der Waals surface area (Å²) in [4.78, 5) is 35.1. The fourth-order valence-electron chi connectivity index (χ4n) is 1.70. The van der Waals surface area contributed by atoms with Gasteiger partial charge in [-0.25, -0.2) is 0 Å². The van der Waals surface area contributed by atoms with Crippen LogP contribution >= 0.6 is 11.6 Å². The van der Waals surface area contributed by atoms with Crippen LogP contribution in [-0.4, -0.2) is 24.3 Å². The van der Waals surface area contributed by atoms with E-state index in [1.807, 2.05) is 0 Å². The molecule has 0 radical (unpaired) electrons. The summed E-state index contributed by atoms with van der Waals surface area (Å²) < 4.78 is 0. The zero-order valence-corrected chi connectivity index (χ0v) is 12.8. The second-order valence-electron chi connectivity index (χ2n) is 4.56. The van der Waals surface area contributed by atoms with Crippen LogP contribution in [0.15, 0.2) is 54.6 Å². The van der Waals surface area contributed by atoms with Crippen LogP contribution in [0, 0.1) is 0 Å². The van der Waals surface area contributed by atoms with Gasteiger partial charge in [0.1, 0.15) is 0 Å². The summed E-state index contributed by atoms with van der Waals surface area (Å²) >= 11 is 5.73. The van der Waals surface area contributed by atoms with Crippen molar-refractivity contribution in [3.63, 3.8) is 0 Å². The van der Waals surface area contributed by atoms with Crippen molar-refractivity contribution in [3.8, 4) is 0 Å². The lowest BCUT2D eigenvalue weighted by Crippen LogP contribution is -2.46. The molecule has 0 aromatic heterocycles. The number of hydrogen-bond acceptors (Lipinski definition) is 3. The monoisotopic (exact) mass is 331 g/mol. The van der Waals surface area contributed by atoms with Crippen molar-refractivity contribution in [3.05, 3.63) is 70.7 Å². The first-order valence-corrected chi connectivity index (χ1v) is 7.12. The maximum absolute atomic E-state index is 11.8. The number of benzene rings is 2. The highest BCUT2D eigenvalue weighted by Crippen LogP contribution is 2.09. The number of halogens is 1. The summed E-state index contributed by atoms with van der Waals surface area (Å²) in [5.74, 6) is -1.40. The molecule has 2 rings (SSSR count). The summed E-state index contributed by atoms with van der Waals surface area (Å²) in [6.45, 7) is -0.267. The van der Waals surface area contributed by atoms with E-state index in [0.29, 0.717) is 16.1 Å². The number of carbonyl (C=O) groups excluding carboxylic acids is 3. The molecule has 2 aromatic rings. The van der Waals surface area contributed by atoms with Crippen LogP contribution in [0.2, 0.25) is 5.02 Å². The van der Waals surface area contributed by atoms with Crippen LogP contribution in [0.3, 0.4) is 0 Å². The second kappa shape index (κ2) is 7.95. The van der Waals surface area contributed by atoms with Gasteiger partial charge in [-0.2, -0.15) is 0 Å². The van der Waals surface area contributed by atoms with Gasteiger partial charge in [-0.1, -0.05) is 29.8 Å². The van der Waals surface area contributed by atoms with Gasteiger partial charge in [-0.05, 0) is 36.4 Å². The zero-order valence-electron chi connectivity index (χ0n) is 12.0. The number of hydrazine groups is 1. The normalized spacial score (nSPS) is 9.78. The van der Waals surface area contributed by atoms with E-state index in [9.17, 15) is 14.4 Å².